The summed E-state index contributed by atoms with van der Waals surface area (Å²) in [7, 11) is 0. The number of hydrogen-bond donors (Lipinski definition) is 10. The number of aliphatic hydroxyl groups excluding tert-OH is 6. The fourth-order valence-corrected chi connectivity index (χ4v) is 0.798. The van der Waals surface area contributed by atoms with E-state index in [1.165, 1.54) is 0 Å². The molecule has 0 bridgehead atoms. The molecule has 0 aromatic carbocycles. The smallest absolute Gasteiger partial charge is 1.00 e. The number of rotatable bonds is 9. The molecule has 6 unspecified atom stereocenters. The van der Waals surface area contributed by atoms with Crippen LogP contribution in [0.3, 0.4) is 0 Å². The second-order valence-electron chi connectivity index (χ2n) is 4.66. The fourth-order valence-electron chi connectivity index (χ4n) is 0.798. The van der Waals surface area contributed by atoms with Crippen LogP contribution < -0.4 is 69.3 Å². The molecule has 0 aliphatic heterocycles. The molecule has 0 heterocycles. The van der Waals surface area contributed by atoms with Crippen LogP contribution in [0.4, 0.5) is 0 Å². The number of aliphatic carboxylic acids is 6. The predicted octanol–water partition coefficient (Wildman–Crippen LogP) is -16.3. The minimum absolute atomic E-state index is 0. The minimum atomic E-state index is -2.44. The summed E-state index contributed by atoms with van der Waals surface area (Å²) in [6.45, 7) is 0. The maximum Gasteiger partial charge on any atom is 1.00 e. The van der Waals surface area contributed by atoms with Gasteiger partial charge in [0.05, 0.1) is 11.9 Å². The van der Waals surface area contributed by atoms with Gasteiger partial charge in [-0.15, -0.1) is 0 Å². The normalized spacial score (nSPS) is 13.9. The second kappa shape index (κ2) is 27.9. The first-order valence-corrected chi connectivity index (χ1v) is 6.81. The Labute approximate surface area is 318 Å². The Morgan fingerprint density at radius 3 is 0.588 bits per heavy atom. The van der Waals surface area contributed by atoms with Gasteiger partial charge in [-0.05, 0) is 0 Å². The van der Waals surface area contributed by atoms with Gasteiger partial charge in [-0.2, -0.15) is 0 Å². The number of aliphatic hydroxyl groups is 6. The molecular formula is C12H18K2Na2O18. The SMILES string of the molecule is O=C(O)C(O)C(O)C(=O)O.O=C(O)C(O)C(O)C(=O)O.O=C([O-])C(O)C(O)C(=O)[O-].[KH].[KH].[Na+].[Na+]. The molecule has 178 valence electrons. The van der Waals surface area contributed by atoms with Crippen LogP contribution in [0.1, 0.15) is 0 Å². The molecule has 22 heteroatoms. The van der Waals surface area contributed by atoms with Gasteiger partial charge < -0.3 is 70.9 Å². The molecule has 18 nitrogen and oxygen atoms in total. The van der Waals surface area contributed by atoms with Gasteiger partial charge in [0.1, 0.15) is 12.2 Å². The van der Waals surface area contributed by atoms with Crippen molar-refractivity contribution in [1.82, 2.24) is 0 Å². The Morgan fingerprint density at radius 2 is 0.529 bits per heavy atom. The summed E-state index contributed by atoms with van der Waals surface area (Å²) < 4.78 is 0. The van der Waals surface area contributed by atoms with E-state index in [-0.39, 0.29) is 162 Å². The van der Waals surface area contributed by atoms with Crippen LogP contribution in [-0.2, 0) is 28.8 Å². The average molecular weight is 574 g/mol. The summed E-state index contributed by atoms with van der Waals surface area (Å²) in [6, 6.07) is 0. The number of carboxylic acids is 6. The zero-order valence-corrected chi connectivity index (χ0v) is 20.2. The molecule has 6 atom stereocenters. The maximum absolute atomic E-state index is 9.77. The number of hydrogen-bond acceptors (Lipinski definition) is 14. The van der Waals surface area contributed by atoms with Crippen molar-refractivity contribution in [3.8, 4) is 0 Å². The van der Waals surface area contributed by atoms with Crippen molar-refractivity contribution in [3.63, 3.8) is 0 Å². The summed E-state index contributed by atoms with van der Waals surface area (Å²) >= 11 is 0. The molecule has 0 aliphatic rings. The fraction of sp³-hybridized carbons (Fsp3) is 0.500. The average Bonchev–Trinajstić information content (AvgIpc) is 2.64. The quantitative estimate of drug-likeness (QED) is 0.114. The van der Waals surface area contributed by atoms with Gasteiger partial charge in [0, 0.05) is 0 Å². The molecular weight excluding hydrogens is 556 g/mol. The summed E-state index contributed by atoms with van der Waals surface area (Å²) in [5.74, 6) is -11.2. The largest absolute Gasteiger partial charge is 1.00 e. The van der Waals surface area contributed by atoms with Crippen molar-refractivity contribution in [1.29, 1.82) is 0 Å². The van der Waals surface area contributed by atoms with Gasteiger partial charge in [-0.1, -0.05) is 0 Å². The van der Waals surface area contributed by atoms with Crippen LogP contribution in [0.15, 0.2) is 0 Å². The standard InChI is InChI=1S/3C4H6O6.2K.2Na.2H/c3*5-1(3(7)8)2(6)4(9)10;;;;;;/h3*1-2,5-6H,(H,7,8)(H,9,10);;;;;;/q;;;;;2*+1;;/p-2. The molecule has 34 heavy (non-hydrogen) atoms. The van der Waals surface area contributed by atoms with E-state index < -0.39 is 72.4 Å². The Bertz CT molecular complexity index is 509. The van der Waals surface area contributed by atoms with Gasteiger partial charge in [0.2, 0.25) is 0 Å². The molecule has 0 saturated carbocycles. The van der Waals surface area contributed by atoms with Crippen LogP contribution in [0, 0.1) is 0 Å². The molecule has 0 aliphatic carbocycles. The molecule has 0 saturated heterocycles. The Kier molecular flexibility index (Phi) is 42.9. The number of carbonyl (C=O) groups is 6. The van der Waals surface area contributed by atoms with Gasteiger partial charge in [0.15, 0.2) is 24.4 Å². The Morgan fingerprint density at radius 1 is 0.412 bits per heavy atom. The third-order valence-electron chi connectivity index (χ3n) is 2.39. The monoisotopic (exact) mass is 574 g/mol. The molecule has 0 amide bonds. The van der Waals surface area contributed by atoms with E-state index in [9.17, 15) is 39.0 Å². The zero-order chi connectivity index (χ0) is 24.9. The summed E-state index contributed by atoms with van der Waals surface area (Å²) in [6.07, 6.45) is -13.9. The number of carbonyl (C=O) groups excluding carboxylic acids is 2. The van der Waals surface area contributed by atoms with Gasteiger partial charge in [-0.25, -0.2) is 19.2 Å². The third-order valence-corrected chi connectivity index (χ3v) is 2.39. The summed E-state index contributed by atoms with van der Waals surface area (Å²) in [5.41, 5.74) is 0. The van der Waals surface area contributed by atoms with Crippen molar-refractivity contribution >= 4 is 139 Å². The van der Waals surface area contributed by atoms with E-state index in [0.717, 1.165) is 0 Å². The maximum atomic E-state index is 9.77. The third kappa shape index (κ3) is 25.5. The molecule has 0 aromatic rings. The second-order valence-corrected chi connectivity index (χ2v) is 4.66. The van der Waals surface area contributed by atoms with Crippen LogP contribution >= 0.6 is 0 Å². The van der Waals surface area contributed by atoms with Gasteiger partial charge >= 0.3 is 186 Å². The van der Waals surface area contributed by atoms with E-state index in [1.54, 1.807) is 0 Å². The molecule has 0 fully saturated rings. The minimum Gasteiger partial charge on any atom is 1.00 e. The van der Waals surface area contributed by atoms with E-state index in [0.29, 0.717) is 0 Å². The van der Waals surface area contributed by atoms with E-state index in [2.05, 4.69) is 0 Å². The van der Waals surface area contributed by atoms with E-state index >= 15 is 0 Å². The first kappa shape index (κ1) is 52.3. The predicted molar refractivity (Wildman–Crippen MR) is 90.9 cm³/mol. The zero-order valence-electron chi connectivity index (χ0n) is 16.2. The molecule has 0 spiro atoms. The van der Waals surface area contributed by atoms with Crippen molar-refractivity contribution in [3.05, 3.63) is 0 Å². The first-order valence-electron chi connectivity index (χ1n) is 6.81. The van der Waals surface area contributed by atoms with Gasteiger partial charge in [-0.3, -0.25) is 0 Å². The van der Waals surface area contributed by atoms with E-state index in [4.69, 9.17) is 51.1 Å². The molecule has 10 N–H and O–H groups in total. The summed E-state index contributed by atoms with van der Waals surface area (Å²) in [4.78, 5) is 58.4. The van der Waals surface area contributed by atoms with E-state index in [1.807, 2.05) is 0 Å². The molecule has 0 rings (SSSR count). The van der Waals surface area contributed by atoms with Gasteiger partial charge in [0.25, 0.3) is 0 Å². The van der Waals surface area contributed by atoms with Crippen LogP contribution in [0.25, 0.3) is 0 Å². The first-order chi connectivity index (χ1) is 13.4. The van der Waals surface area contributed by atoms with Crippen molar-refractivity contribution < 1.29 is 149 Å². The Hall–Kier alpha value is 1.85. The number of carboxylic acid groups (broad SMARTS) is 6. The van der Waals surface area contributed by atoms with Crippen LogP contribution in [0.5, 0.6) is 0 Å². The summed E-state index contributed by atoms with van der Waals surface area (Å²) in [5, 5.41) is 101. The topological polar surface area (TPSA) is 351 Å². The molecule has 0 aromatic heterocycles. The van der Waals surface area contributed by atoms with Crippen molar-refractivity contribution in [2.45, 2.75) is 36.6 Å². The van der Waals surface area contributed by atoms with Crippen LogP contribution in [-0.4, -0.2) is 226 Å². The van der Waals surface area contributed by atoms with Crippen molar-refractivity contribution in [2.24, 2.45) is 0 Å². The van der Waals surface area contributed by atoms with Crippen molar-refractivity contribution in [2.75, 3.05) is 0 Å². The molecule has 0 radical (unpaired) electrons. The van der Waals surface area contributed by atoms with Crippen LogP contribution in [0.2, 0.25) is 0 Å². The Balaban J connectivity index is -0.0000000607.